The Bertz CT molecular complexity index is 579. The number of ketones is 1. The maximum absolute atomic E-state index is 12.4. The Morgan fingerprint density at radius 3 is 2.18 bits per heavy atom. The Labute approximate surface area is 131 Å². The predicted octanol–water partition coefficient (Wildman–Crippen LogP) is 3.29. The van der Waals surface area contributed by atoms with Gasteiger partial charge in [0.05, 0.1) is 11.6 Å². The molecule has 22 heavy (non-hydrogen) atoms. The minimum atomic E-state index is -0.579. The van der Waals surface area contributed by atoms with E-state index in [9.17, 15) is 9.59 Å². The molecule has 1 aromatic rings. The summed E-state index contributed by atoms with van der Waals surface area (Å²) in [5.41, 5.74) is 0.443. The van der Waals surface area contributed by atoms with Gasteiger partial charge in [0, 0.05) is 17.5 Å². The van der Waals surface area contributed by atoms with E-state index in [-0.39, 0.29) is 11.8 Å². The highest BCUT2D eigenvalue weighted by Crippen LogP contribution is 2.14. The van der Waals surface area contributed by atoms with E-state index >= 15 is 0 Å². The van der Waals surface area contributed by atoms with Crippen LogP contribution in [0, 0.1) is 17.2 Å². The standard InChI is InChI=1S/C17H22N2O3/c1-11(12(2)19-16(21)22-17(3,4)5)15(20)14-8-6-13(10-18)7-9-14/h6-9,11-12H,1-5H3,(H,19,21). The second-order valence-electron chi connectivity index (χ2n) is 6.28. The first-order valence-electron chi connectivity index (χ1n) is 7.18. The summed E-state index contributed by atoms with van der Waals surface area (Å²) in [4.78, 5) is 24.1. The Balaban J connectivity index is 2.69. The van der Waals surface area contributed by atoms with E-state index in [0.717, 1.165) is 0 Å². The highest BCUT2D eigenvalue weighted by atomic mass is 16.6. The Morgan fingerprint density at radius 1 is 1.18 bits per heavy atom. The third kappa shape index (κ3) is 5.21. The van der Waals surface area contributed by atoms with Gasteiger partial charge < -0.3 is 10.1 Å². The molecule has 0 aliphatic heterocycles. The number of benzene rings is 1. The Hall–Kier alpha value is -2.35. The maximum Gasteiger partial charge on any atom is 0.407 e. The summed E-state index contributed by atoms with van der Waals surface area (Å²) >= 11 is 0. The maximum atomic E-state index is 12.4. The molecule has 1 N–H and O–H groups in total. The van der Waals surface area contributed by atoms with Crippen LogP contribution in [0.5, 0.6) is 0 Å². The molecule has 5 heteroatoms. The third-order valence-electron chi connectivity index (χ3n) is 3.21. The van der Waals surface area contributed by atoms with Crippen molar-refractivity contribution in [2.24, 2.45) is 5.92 Å². The zero-order valence-corrected chi connectivity index (χ0v) is 13.6. The number of rotatable bonds is 4. The molecule has 0 aliphatic carbocycles. The molecule has 5 nitrogen and oxygen atoms in total. The smallest absolute Gasteiger partial charge is 0.407 e. The first kappa shape index (κ1) is 17.7. The zero-order chi connectivity index (χ0) is 16.9. The largest absolute Gasteiger partial charge is 0.444 e. The van der Waals surface area contributed by atoms with Crippen molar-refractivity contribution in [3.8, 4) is 6.07 Å². The van der Waals surface area contributed by atoms with Crippen LogP contribution in [0.1, 0.15) is 50.5 Å². The highest BCUT2D eigenvalue weighted by Gasteiger charge is 2.25. The summed E-state index contributed by atoms with van der Waals surface area (Å²) in [6, 6.07) is 8.10. The van der Waals surface area contributed by atoms with E-state index in [1.807, 2.05) is 6.07 Å². The van der Waals surface area contributed by atoms with Crippen LogP contribution in [0.15, 0.2) is 24.3 Å². The molecule has 2 atom stereocenters. The van der Waals surface area contributed by atoms with Crippen molar-refractivity contribution in [2.45, 2.75) is 46.3 Å². The second-order valence-corrected chi connectivity index (χ2v) is 6.28. The SMILES string of the molecule is CC(NC(=O)OC(C)(C)C)C(C)C(=O)c1ccc(C#N)cc1. The van der Waals surface area contributed by atoms with Gasteiger partial charge in [0.25, 0.3) is 0 Å². The summed E-state index contributed by atoms with van der Waals surface area (Å²) in [6.07, 6.45) is -0.542. The molecule has 0 saturated heterocycles. The van der Waals surface area contributed by atoms with Crippen molar-refractivity contribution in [1.29, 1.82) is 5.26 Å². The van der Waals surface area contributed by atoms with Crippen molar-refractivity contribution < 1.29 is 14.3 Å². The summed E-state index contributed by atoms with van der Waals surface area (Å²) in [5, 5.41) is 11.4. The number of hydrogen-bond acceptors (Lipinski definition) is 4. The van der Waals surface area contributed by atoms with Gasteiger partial charge in [0.2, 0.25) is 0 Å². The molecule has 0 aliphatic rings. The summed E-state index contributed by atoms with van der Waals surface area (Å²) in [7, 11) is 0. The molecule has 0 bridgehead atoms. The summed E-state index contributed by atoms with van der Waals surface area (Å²) in [5.74, 6) is -0.492. The molecule has 1 rings (SSSR count). The highest BCUT2D eigenvalue weighted by molar-refractivity contribution is 5.98. The number of Topliss-reactive ketones (excluding diaryl/α,β-unsaturated/α-hetero) is 1. The first-order chi connectivity index (χ1) is 10.1. The van der Waals surface area contributed by atoms with Gasteiger partial charge >= 0.3 is 6.09 Å². The van der Waals surface area contributed by atoms with Gasteiger partial charge in [-0.05, 0) is 39.8 Å². The molecule has 0 aromatic heterocycles. The molecule has 0 radical (unpaired) electrons. The first-order valence-corrected chi connectivity index (χ1v) is 7.18. The number of alkyl carbamates (subject to hydrolysis) is 1. The minimum absolute atomic E-state index is 0.0898. The van der Waals surface area contributed by atoms with Crippen molar-refractivity contribution in [3.63, 3.8) is 0 Å². The van der Waals surface area contributed by atoms with E-state index in [2.05, 4.69) is 5.32 Å². The molecule has 1 aromatic carbocycles. The van der Waals surface area contributed by atoms with Crippen molar-refractivity contribution in [2.75, 3.05) is 0 Å². The van der Waals surface area contributed by atoms with Crippen molar-refractivity contribution in [3.05, 3.63) is 35.4 Å². The van der Waals surface area contributed by atoms with Crippen LogP contribution in [-0.2, 0) is 4.74 Å². The molecule has 118 valence electrons. The summed E-state index contributed by atoms with van der Waals surface area (Å²) in [6.45, 7) is 8.85. The van der Waals surface area contributed by atoms with Crippen LogP contribution < -0.4 is 5.32 Å². The van der Waals surface area contributed by atoms with Gasteiger partial charge in [-0.1, -0.05) is 19.1 Å². The number of amides is 1. The van der Waals surface area contributed by atoms with E-state index in [0.29, 0.717) is 11.1 Å². The molecule has 0 saturated carbocycles. The number of hydrogen-bond donors (Lipinski definition) is 1. The quantitative estimate of drug-likeness (QED) is 0.865. The predicted molar refractivity (Wildman–Crippen MR) is 83.5 cm³/mol. The molecular weight excluding hydrogens is 280 g/mol. The van der Waals surface area contributed by atoms with E-state index in [4.69, 9.17) is 10.00 Å². The van der Waals surface area contributed by atoms with Crippen molar-refractivity contribution >= 4 is 11.9 Å². The van der Waals surface area contributed by atoms with Crippen LogP contribution in [0.3, 0.4) is 0 Å². The van der Waals surface area contributed by atoms with Gasteiger partial charge in [0.15, 0.2) is 5.78 Å². The monoisotopic (exact) mass is 302 g/mol. The number of nitriles is 1. The van der Waals surface area contributed by atoms with E-state index in [1.54, 1.807) is 58.9 Å². The molecule has 0 fully saturated rings. The van der Waals surface area contributed by atoms with Gasteiger partial charge in [0.1, 0.15) is 5.60 Å². The van der Waals surface area contributed by atoms with Crippen LogP contribution in [0.2, 0.25) is 0 Å². The van der Waals surface area contributed by atoms with Crippen LogP contribution in [0.25, 0.3) is 0 Å². The summed E-state index contributed by atoms with van der Waals surface area (Å²) < 4.78 is 5.18. The minimum Gasteiger partial charge on any atom is -0.444 e. The third-order valence-corrected chi connectivity index (χ3v) is 3.21. The van der Waals surface area contributed by atoms with Gasteiger partial charge in [-0.2, -0.15) is 5.26 Å². The molecule has 0 heterocycles. The van der Waals surface area contributed by atoms with Crippen molar-refractivity contribution in [1.82, 2.24) is 5.32 Å². The Morgan fingerprint density at radius 2 is 1.73 bits per heavy atom. The molecule has 0 spiro atoms. The lowest BCUT2D eigenvalue weighted by molar-refractivity contribution is 0.0493. The normalized spacial score (nSPS) is 13.6. The number of carbonyl (C=O) groups is 2. The lowest BCUT2D eigenvalue weighted by Crippen LogP contribution is -2.42. The fourth-order valence-electron chi connectivity index (χ4n) is 1.82. The molecule has 2 unspecified atom stereocenters. The second kappa shape index (κ2) is 7.08. The molecular formula is C17H22N2O3. The average molecular weight is 302 g/mol. The number of carbonyl (C=O) groups excluding carboxylic acids is 2. The van der Waals surface area contributed by atoms with Crippen LogP contribution in [0.4, 0.5) is 4.79 Å². The average Bonchev–Trinajstić information content (AvgIpc) is 2.43. The van der Waals surface area contributed by atoms with Gasteiger partial charge in [-0.15, -0.1) is 0 Å². The van der Waals surface area contributed by atoms with E-state index in [1.165, 1.54) is 0 Å². The number of nitrogens with zero attached hydrogens (tertiary/aromatic N) is 1. The fraction of sp³-hybridized carbons (Fsp3) is 0.471. The Kier molecular flexibility index (Phi) is 5.69. The molecule has 1 amide bonds. The number of nitrogens with one attached hydrogen (secondary N) is 1. The van der Waals surface area contributed by atoms with Gasteiger partial charge in [-0.25, -0.2) is 4.79 Å². The van der Waals surface area contributed by atoms with E-state index < -0.39 is 17.6 Å². The van der Waals surface area contributed by atoms with Crippen LogP contribution in [-0.4, -0.2) is 23.5 Å². The lowest BCUT2D eigenvalue weighted by Gasteiger charge is -2.24. The fourth-order valence-corrected chi connectivity index (χ4v) is 1.82. The van der Waals surface area contributed by atoms with Crippen LogP contribution >= 0.6 is 0 Å². The number of ether oxygens (including phenoxy) is 1. The topological polar surface area (TPSA) is 79.2 Å². The zero-order valence-electron chi connectivity index (χ0n) is 13.6. The van der Waals surface area contributed by atoms with Gasteiger partial charge in [-0.3, -0.25) is 4.79 Å². The lowest BCUT2D eigenvalue weighted by atomic mass is 9.93.